The molecule has 0 aliphatic rings. The van der Waals surface area contributed by atoms with E-state index < -0.39 is 0 Å². The lowest BCUT2D eigenvalue weighted by Crippen LogP contribution is -2.07. The molecular weight excluding hydrogens is 242 g/mol. The minimum absolute atomic E-state index is 0.103. The summed E-state index contributed by atoms with van der Waals surface area (Å²) in [6.07, 6.45) is 3.21. The third kappa shape index (κ3) is 3.00. The number of halogens is 1. The number of anilines is 1. The van der Waals surface area contributed by atoms with E-state index in [9.17, 15) is 4.79 Å². The molecule has 2 nitrogen and oxygen atoms in total. The second-order valence-corrected chi connectivity index (χ2v) is 3.81. The van der Waals surface area contributed by atoms with Gasteiger partial charge in [-0.15, -0.1) is 0 Å². The molecule has 1 N–H and O–H groups in total. The number of hydrogen-bond donors (Lipinski definition) is 1. The zero-order valence-corrected chi connectivity index (χ0v) is 9.76. The van der Waals surface area contributed by atoms with Crippen molar-refractivity contribution in [3.8, 4) is 0 Å². The second-order valence-electron chi connectivity index (χ2n) is 2.95. The van der Waals surface area contributed by atoms with Crippen LogP contribution in [-0.4, -0.2) is 5.91 Å². The second kappa shape index (κ2) is 4.96. The highest BCUT2D eigenvalue weighted by atomic mass is 79.9. The van der Waals surface area contributed by atoms with Crippen LogP contribution in [0.3, 0.4) is 0 Å². The van der Waals surface area contributed by atoms with Crippen LogP contribution >= 0.6 is 15.9 Å². The predicted molar refractivity (Wildman–Crippen MR) is 62.3 cm³/mol. The molecule has 1 aromatic rings. The summed E-state index contributed by atoms with van der Waals surface area (Å²) in [5.41, 5.74) is 1.91. The molecule has 0 fully saturated rings. The third-order valence-electron chi connectivity index (χ3n) is 1.74. The van der Waals surface area contributed by atoms with E-state index in [2.05, 4.69) is 21.2 Å². The summed E-state index contributed by atoms with van der Waals surface area (Å²) in [7, 11) is 0. The first-order valence-electron chi connectivity index (χ1n) is 4.33. The Labute approximate surface area is 92.1 Å². The molecule has 0 aliphatic heterocycles. The fourth-order valence-electron chi connectivity index (χ4n) is 1.06. The Morgan fingerprint density at radius 2 is 2.21 bits per heavy atom. The molecule has 0 bridgehead atoms. The van der Waals surface area contributed by atoms with E-state index in [1.807, 2.05) is 32.0 Å². The maximum Gasteiger partial charge on any atom is 0.248 e. The largest absolute Gasteiger partial charge is 0.323 e. The Kier molecular flexibility index (Phi) is 3.89. The van der Waals surface area contributed by atoms with E-state index >= 15 is 0 Å². The van der Waals surface area contributed by atoms with E-state index in [0.717, 1.165) is 15.7 Å². The van der Waals surface area contributed by atoms with Crippen LogP contribution in [0.15, 0.2) is 34.8 Å². The zero-order chi connectivity index (χ0) is 10.6. The molecule has 0 saturated carbocycles. The Balaban J connectivity index is 2.78. The summed E-state index contributed by atoms with van der Waals surface area (Å²) >= 11 is 3.40. The van der Waals surface area contributed by atoms with Gasteiger partial charge in [0.05, 0.1) is 0 Å². The van der Waals surface area contributed by atoms with E-state index in [4.69, 9.17) is 0 Å². The average Bonchev–Trinajstić information content (AvgIpc) is 2.12. The van der Waals surface area contributed by atoms with E-state index in [1.165, 1.54) is 6.08 Å². The minimum Gasteiger partial charge on any atom is -0.323 e. The Bertz CT molecular complexity index is 372. The van der Waals surface area contributed by atoms with Crippen LogP contribution in [-0.2, 0) is 4.79 Å². The summed E-state index contributed by atoms with van der Waals surface area (Å²) in [5.74, 6) is -0.103. The third-order valence-corrected chi connectivity index (χ3v) is 2.63. The monoisotopic (exact) mass is 253 g/mol. The van der Waals surface area contributed by atoms with E-state index in [-0.39, 0.29) is 5.91 Å². The molecule has 14 heavy (non-hydrogen) atoms. The van der Waals surface area contributed by atoms with Gasteiger partial charge in [-0.1, -0.05) is 22.0 Å². The molecule has 0 radical (unpaired) electrons. The topological polar surface area (TPSA) is 29.1 Å². The van der Waals surface area contributed by atoms with Crippen molar-refractivity contribution in [1.29, 1.82) is 0 Å². The number of allylic oxidation sites excluding steroid dienone is 1. The quantitative estimate of drug-likeness (QED) is 0.806. The van der Waals surface area contributed by atoms with Gasteiger partial charge in [-0.3, -0.25) is 4.79 Å². The smallest absolute Gasteiger partial charge is 0.248 e. The van der Waals surface area contributed by atoms with Gasteiger partial charge in [0.2, 0.25) is 5.91 Å². The van der Waals surface area contributed by atoms with Crippen LogP contribution < -0.4 is 5.32 Å². The predicted octanol–water partition coefficient (Wildman–Crippen LogP) is 3.27. The Morgan fingerprint density at radius 1 is 1.50 bits per heavy atom. The van der Waals surface area contributed by atoms with Crippen molar-refractivity contribution in [3.05, 3.63) is 40.4 Å². The van der Waals surface area contributed by atoms with Crippen molar-refractivity contribution in [2.24, 2.45) is 0 Å². The fraction of sp³-hybridized carbons (Fsp3) is 0.182. The van der Waals surface area contributed by atoms with Crippen LogP contribution in [0.2, 0.25) is 0 Å². The van der Waals surface area contributed by atoms with Crippen LogP contribution in [0.4, 0.5) is 5.69 Å². The molecule has 0 aromatic heterocycles. The molecule has 74 valence electrons. The molecule has 1 amide bonds. The number of nitrogens with one attached hydrogen (secondary N) is 1. The molecular formula is C11H12BrNO. The SMILES string of the molecule is CC=CC(=O)Nc1ccc(Br)c(C)c1. The molecule has 0 atom stereocenters. The summed E-state index contributed by atoms with van der Waals surface area (Å²) in [6, 6.07) is 5.70. The maximum atomic E-state index is 11.2. The van der Waals surface area contributed by atoms with E-state index in [1.54, 1.807) is 6.08 Å². The molecule has 0 saturated heterocycles. The molecule has 1 rings (SSSR count). The first kappa shape index (κ1) is 11.0. The number of benzene rings is 1. The van der Waals surface area contributed by atoms with Gasteiger partial charge in [-0.05, 0) is 43.7 Å². The molecule has 0 heterocycles. The number of amides is 1. The van der Waals surface area contributed by atoms with Gasteiger partial charge >= 0.3 is 0 Å². The van der Waals surface area contributed by atoms with Crippen LogP contribution in [0.1, 0.15) is 12.5 Å². The summed E-state index contributed by atoms with van der Waals surface area (Å²) in [6.45, 7) is 3.79. The molecule has 0 aliphatic carbocycles. The number of rotatable bonds is 2. The summed E-state index contributed by atoms with van der Waals surface area (Å²) in [4.78, 5) is 11.2. The van der Waals surface area contributed by atoms with Gasteiger partial charge in [0.1, 0.15) is 0 Å². The molecule has 0 unspecified atom stereocenters. The van der Waals surface area contributed by atoms with Crippen molar-refractivity contribution in [1.82, 2.24) is 0 Å². The Morgan fingerprint density at radius 3 is 2.79 bits per heavy atom. The summed E-state index contributed by atoms with van der Waals surface area (Å²) in [5, 5.41) is 2.76. The lowest BCUT2D eigenvalue weighted by Gasteiger charge is -2.04. The molecule has 3 heteroatoms. The van der Waals surface area contributed by atoms with Gasteiger partial charge in [0, 0.05) is 10.2 Å². The van der Waals surface area contributed by atoms with Crippen molar-refractivity contribution < 1.29 is 4.79 Å². The normalized spacial score (nSPS) is 10.5. The molecule has 0 spiro atoms. The van der Waals surface area contributed by atoms with Gasteiger partial charge in [-0.2, -0.15) is 0 Å². The Hall–Kier alpha value is -1.09. The van der Waals surface area contributed by atoms with E-state index in [0.29, 0.717) is 0 Å². The lowest BCUT2D eigenvalue weighted by molar-refractivity contribution is -0.111. The highest BCUT2D eigenvalue weighted by molar-refractivity contribution is 9.10. The van der Waals surface area contributed by atoms with Gasteiger partial charge in [0.15, 0.2) is 0 Å². The summed E-state index contributed by atoms with van der Waals surface area (Å²) < 4.78 is 1.04. The van der Waals surface area contributed by atoms with Crippen LogP contribution in [0.25, 0.3) is 0 Å². The van der Waals surface area contributed by atoms with Gasteiger partial charge in [0.25, 0.3) is 0 Å². The highest BCUT2D eigenvalue weighted by Crippen LogP contribution is 2.19. The molecule has 1 aromatic carbocycles. The fourth-order valence-corrected chi connectivity index (χ4v) is 1.30. The van der Waals surface area contributed by atoms with Crippen LogP contribution in [0, 0.1) is 6.92 Å². The number of hydrogen-bond acceptors (Lipinski definition) is 1. The minimum atomic E-state index is -0.103. The van der Waals surface area contributed by atoms with Gasteiger partial charge < -0.3 is 5.32 Å². The van der Waals surface area contributed by atoms with Crippen LogP contribution in [0.5, 0.6) is 0 Å². The van der Waals surface area contributed by atoms with Crippen molar-refractivity contribution in [2.45, 2.75) is 13.8 Å². The zero-order valence-electron chi connectivity index (χ0n) is 8.17. The van der Waals surface area contributed by atoms with Gasteiger partial charge in [-0.25, -0.2) is 0 Å². The maximum absolute atomic E-state index is 11.2. The number of carbonyl (C=O) groups excluding carboxylic acids is 1. The highest BCUT2D eigenvalue weighted by Gasteiger charge is 1.99. The first-order chi connectivity index (χ1) is 6.63. The standard InChI is InChI=1S/C11H12BrNO/c1-3-4-11(14)13-9-5-6-10(12)8(2)7-9/h3-7H,1-2H3,(H,13,14). The average molecular weight is 254 g/mol. The van der Waals surface area contributed by atoms with Crippen molar-refractivity contribution in [3.63, 3.8) is 0 Å². The number of aryl methyl sites for hydroxylation is 1. The van der Waals surface area contributed by atoms with Crippen molar-refractivity contribution in [2.75, 3.05) is 5.32 Å². The lowest BCUT2D eigenvalue weighted by atomic mass is 10.2. The van der Waals surface area contributed by atoms with Crippen molar-refractivity contribution >= 4 is 27.5 Å². The number of carbonyl (C=O) groups is 1. The first-order valence-corrected chi connectivity index (χ1v) is 5.12.